The molecule has 0 atom stereocenters. The molecular formula is C16H22N4O3. The smallest absolute Gasteiger partial charge is 0.227 e. The molecule has 1 amide bonds. The van der Waals surface area contributed by atoms with Crippen LogP contribution in [0.3, 0.4) is 0 Å². The van der Waals surface area contributed by atoms with Crippen LogP contribution in [0.25, 0.3) is 11.4 Å². The first-order valence-corrected chi connectivity index (χ1v) is 7.47. The Kier molecular flexibility index (Phi) is 6.10. The Morgan fingerprint density at radius 3 is 2.70 bits per heavy atom. The largest absolute Gasteiger partial charge is 0.497 e. The number of rotatable bonds is 8. The van der Waals surface area contributed by atoms with Crippen molar-refractivity contribution in [2.75, 3.05) is 34.3 Å². The molecule has 0 saturated heterocycles. The summed E-state index contributed by atoms with van der Waals surface area (Å²) >= 11 is 0. The van der Waals surface area contributed by atoms with E-state index in [2.05, 4.69) is 15.5 Å². The molecule has 0 spiro atoms. The summed E-state index contributed by atoms with van der Waals surface area (Å²) in [6.45, 7) is 1.45. The van der Waals surface area contributed by atoms with E-state index in [1.54, 1.807) is 7.11 Å². The number of carbonyl (C=O) groups is 1. The number of benzene rings is 1. The molecule has 0 bridgehead atoms. The van der Waals surface area contributed by atoms with E-state index in [-0.39, 0.29) is 5.91 Å². The summed E-state index contributed by atoms with van der Waals surface area (Å²) in [4.78, 5) is 18.0. The van der Waals surface area contributed by atoms with Gasteiger partial charge < -0.3 is 19.5 Å². The van der Waals surface area contributed by atoms with Gasteiger partial charge in [0.1, 0.15) is 5.75 Å². The highest BCUT2D eigenvalue weighted by atomic mass is 16.5. The fourth-order valence-corrected chi connectivity index (χ4v) is 1.94. The van der Waals surface area contributed by atoms with Gasteiger partial charge in [-0.3, -0.25) is 4.79 Å². The number of hydrogen-bond acceptors (Lipinski definition) is 6. The van der Waals surface area contributed by atoms with E-state index < -0.39 is 0 Å². The number of hydrogen-bond donors (Lipinski definition) is 1. The zero-order chi connectivity index (χ0) is 16.7. The average molecular weight is 318 g/mol. The van der Waals surface area contributed by atoms with E-state index in [1.807, 2.05) is 43.3 Å². The second-order valence-electron chi connectivity index (χ2n) is 5.39. The van der Waals surface area contributed by atoms with Gasteiger partial charge in [0, 0.05) is 31.5 Å². The Labute approximate surface area is 135 Å². The maximum absolute atomic E-state index is 11.7. The van der Waals surface area contributed by atoms with Crippen LogP contribution in [0.4, 0.5) is 0 Å². The normalized spacial score (nSPS) is 10.8. The van der Waals surface area contributed by atoms with Crippen molar-refractivity contribution >= 4 is 5.91 Å². The third-order valence-electron chi connectivity index (χ3n) is 3.26. The number of nitrogens with zero attached hydrogens (tertiary/aromatic N) is 3. The van der Waals surface area contributed by atoms with Crippen molar-refractivity contribution in [1.82, 2.24) is 20.4 Å². The van der Waals surface area contributed by atoms with Gasteiger partial charge in [-0.1, -0.05) is 5.16 Å². The van der Waals surface area contributed by atoms with Gasteiger partial charge in [0.25, 0.3) is 0 Å². The molecule has 0 saturated carbocycles. The summed E-state index contributed by atoms with van der Waals surface area (Å²) in [7, 11) is 5.54. The second kappa shape index (κ2) is 8.28. The Morgan fingerprint density at radius 2 is 2.04 bits per heavy atom. The molecule has 0 radical (unpaired) electrons. The molecule has 1 aromatic carbocycles. The molecule has 1 aromatic heterocycles. The van der Waals surface area contributed by atoms with Crippen molar-refractivity contribution in [3.05, 3.63) is 30.2 Å². The lowest BCUT2D eigenvalue weighted by Gasteiger charge is -2.09. The molecule has 7 heteroatoms. The Morgan fingerprint density at radius 1 is 1.30 bits per heavy atom. The van der Waals surface area contributed by atoms with Crippen LogP contribution in [0, 0.1) is 0 Å². The van der Waals surface area contributed by atoms with Gasteiger partial charge in [-0.25, -0.2) is 0 Å². The molecule has 1 heterocycles. The van der Waals surface area contributed by atoms with Crippen LogP contribution < -0.4 is 10.1 Å². The minimum atomic E-state index is -0.0175. The summed E-state index contributed by atoms with van der Waals surface area (Å²) in [6.07, 6.45) is 0.759. The monoisotopic (exact) mass is 318 g/mol. The molecule has 23 heavy (non-hydrogen) atoms. The third kappa shape index (κ3) is 5.37. The van der Waals surface area contributed by atoms with Gasteiger partial charge in [0.05, 0.1) is 7.11 Å². The first-order chi connectivity index (χ1) is 11.1. The lowest BCUT2D eigenvalue weighted by Crippen LogP contribution is -2.31. The van der Waals surface area contributed by atoms with Gasteiger partial charge in [-0.2, -0.15) is 4.98 Å². The van der Waals surface area contributed by atoms with Crippen molar-refractivity contribution in [3.63, 3.8) is 0 Å². The summed E-state index contributed by atoms with van der Waals surface area (Å²) in [5.41, 5.74) is 0.844. The predicted molar refractivity (Wildman–Crippen MR) is 86.2 cm³/mol. The van der Waals surface area contributed by atoms with Crippen molar-refractivity contribution in [3.8, 4) is 17.1 Å². The maximum atomic E-state index is 11.7. The van der Waals surface area contributed by atoms with Crippen LogP contribution in [-0.2, 0) is 11.2 Å². The number of amides is 1. The first kappa shape index (κ1) is 17.0. The highest BCUT2D eigenvalue weighted by Gasteiger charge is 2.10. The molecule has 124 valence electrons. The number of methoxy groups -OCH3 is 1. The molecular weight excluding hydrogens is 296 g/mol. The van der Waals surface area contributed by atoms with Crippen molar-refractivity contribution < 1.29 is 14.1 Å². The van der Waals surface area contributed by atoms with Crippen LogP contribution in [0.1, 0.15) is 12.3 Å². The highest BCUT2D eigenvalue weighted by molar-refractivity contribution is 5.76. The third-order valence-corrected chi connectivity index (χ3v) is 3.26. The van der Waals surface area contributed by atoms with E-state index in [4.69, 9.17) is 9.26 Å². The topological polar surface area (TPSA) is 80.5 Å². The Hall–Kier alpha value is -2.41. The molecule has 2 rings (SSSR count). The molecule has 0 aliphatic carbocycles. The number of likely N-dealkylation sites (N-methyl/N-ethyl adjacent to an activating group) is 1. The first-order valence-electron chi connectivity index (χ1n) is 7.47. The molecule has 0 aliphatic rings. The van der Waals surface area contributed by atoms with Crippen LogP contribution in [0.15, 0.2) is 28.8 Å². The number of aryl methyl sites for hydroxylation is 1. The molecule has 0 fully saturated rings. The highest BCUT2D eigenvalue weighted by Crippen LogP contribution is 2.19. The van der Waals surface area contributed by atoms with Gasteiger partial charge in [-0.05, 0) is 38.4 Å². The second-order valence-corrected chi connectivity index (χ2v) is 5.39. The van der Waals surface area contributed by atoms with Crippen molar-refractivity contribution in [2.24, 2.45) is 0 Å². The summed E-state index contributed by atoms with van der Waals surface area (Å²) < 4.78 is 10.3. The van der Waals surface area contributed by atoms with Crippen molar-refractivity contribution in [2.45, 2.75) is 12.8 Å². The molecule has 2 aromatic rings. The maximum Gasteiger partial charge on any atom is 0.227 e. The van der Waals surface area contributed by atoms with E-state index in [0.717, 1.165) is 17.9 Å². The minimum Gasteiger partial charge on any atom is -0.497 e. The van der Waals surface area contributed by atoms with Crippen LogP contribution >= 0.6 is 0 Å². The lowest BCUT2D eigenvalue weighted by atomic mass is 10.2. The SMILES string of the molecule is COc1ccc(-c2noc(CCC(=O)NCCN(C)C)n2)cc1. The standard InChI is InChI=1S/C16H22N4O3/c1-20(2)11-10-17-14(21)8-9-15-18-16(19-23-15)12-4-6-13(22-3)7-5-12/h4-7H,8-11H2,1-3H3,(H,17,21). The van der Waals surface area contributed by atoms with Crippen molar-refractivity contribution in [1.29, 1.82) is 0 Å². The zero-order valence-corrected chi connectivity index (χ0v) is 13.7. The van der Waals surface area contributed by atoms with Gasteiger partial charge in [0.15, 0.2) is 0 Å². The van der Waals surface area contributed by atoms with Crippen LogP contribution in [0.5, 0.6) is 5.75 Å². The molecule has 7 nitrogen and oxygen atoms in total. The number of carbonyl (C=O) groups excluding carboxylic acids is 1. The van der Waals surface area contributed by atoms with Gasteiger partial charge >= 0.3 is 0 Å². The Balaban J connectivity index is 1.83. The van der Waals surface area contributed by atoms with E-state index in [0.29, 0.717) is 31.1 Å². The molecule has 0 aliphatic heterocycles. The van der Waals surface area contributed by atoms with Gasteiger partial charge in [-0.15, -0.1) is 0 Å². The van der Waals surface area contributed by atoms with E-state index in [9.17, 15) is 4.79 Å². The molecule has 1 N–H and O–H groups in total. The molecule has 0 unspecified atom stereocenters. The lowest BCUT2D eigenvalue weighted by molar-refractivity contribution is -0.121. The van der Waals surface area contributed by atoms with E-state index in [1.165, 1.54) is 0 Å². The minimum absolute atomic E-state index is 0.0175. The quantitative estimate of drug-likeness (QED) is 0.791. The number of aromatic nitrogens is 2. The predicted octanol–water partition coefficient (Wildman–Crippen LogP) is 1.36. The average Bonchev–Trinajstić information content (AvgIpc) is 3.01. The summed E-state index contributed by atoms with van der Waals surface area (Å²) in [5.74, 6) is 1.72. The van der Waals surface area contributed by atoms with Crippen LogP contribution in [0.2, 0.25) is 0 Å². The summed E-state index contributed by atoms with van der Waals surface area (Å²) in [6, 6.07) is 7.40. The summed E-state index contributed by atoms with van der Waals surface area (Å²) in [5, 5.41) is 6.79. The van der Waals surface area contributed by atoms with E-state index >= 15 is 0 Å². The van der Waals surface area contributed by atoms with Gasteiger partial charge in [0.2, 0.25) is 17.6 Å². The Bertz CT molecular complexity index is 623. The van der Waals surface area contributed by atoms with Crippen LogP contribution in [-0.4, -0.2) is 55.2 Å². The fraction of sp³-hybridized carbons (Fsp3) is 0.438. The number of nitrogens with one attached hydrogen (secondary N) is 1. The zero-order valence-electron chi connectivity index (χ0n) is 13.7. The fourth-order valence-electron chi connectivity index (χ4n) is 1.94. The number of ether oxygens (including phenoxy) is 1.